The van der Waals surface area contributed by atoms with Gasteiger partial charge in [0.2, 0.25) is 10.0 Å². The number of pyridine rings is 2. The molecule has 1 aromatic carbocycles. The second-order valence-electron chi connectivity index (χ2n) is 10.6. The van der Waals surface area contributed by atoms with Crippen molar-refractivity contribution >= 4 is 44.0 Å². The number of aromatic nitrogens is 2. The quantitative estimate of drug-likeness (QED) is 0.288. The molecule has 39 heavy (non-hydrogen) atoms. The van der Waals surface area contributed by atoms with E-state index in [2.05, 4.69) is 25.7 Å². The summed E-state index contributed by atoms with van der Waals surface area (Å²) in [6.07, 6.45) is 7.52. The van der Waals surface area contributed by atoms with Crippen LogP contribution in [0.2, 0.25) is 0 Å². The van der Waals surface area contributed by atoms with Gasteiger partial charge in [-0.05, 0) is 79.7 Å². The standard InChI is InChI=1S/C28H34N6O3S2/c1-4-30-28(38)34-24-12-23(33-27(35)18-6-5-9-29-14-18)20-11-25(39(36,37)32-13-16(2)3)19-10-22(17-7-8-17)31-15-21(19)26(20)24/h5-6,9-11,14-17,23-24,32H,4,7-8,12-13H2,1-3H3,(H,33,35)(H2,30,34,38)/t23-,24-/m0/s1. The Hall–Kier alpha value is -3.15. The molecule has 3 aromatic rings. The zero-order valence-corrected chi connectivity index (χ0v) is 24.0. The molecule has 11 heteroatoms. The van der Waals surface area contributed by atoms with Gasteiger partial charge in [0.05, 0.1) is 22.5 Å². The minimum absolute atomic E-state index is 0.149. The van der Waals surface area contributed by atoms with Crippen molar-refractivity contribution in [3.63, 3.8) is 0 Å². The van der Waals surface area contributed by atoms with Crippen LogP contribution in [-0.2, 0) is 10.0 Å². The average molecular weight is 567 g/mol. The molecule has 2 aliphatic carbocycles. The van der Waals surface area contributed by atoms with E-state index in [-0.39, 0.29) is 22.8 Å². The molecule has 0 spiro atoms. The number of thiocarbonyl (C=S) groups is 1. The van der Waals surface area contributed by atoms with Gasteiger partial charge in [-0.15, -0.1) is 0 Å². The summed E-state index contributed by atoms with van der Waals surface area (Å²) < 4.78 is 30.1. The lowest BCUT2D eigenvalue weighted by Gasteiger charge is -2.20. The lowest BCUT2D eigenvalue weighted by molar-refractivity contribution is 0.0935. The third-order valence-electron chi connectivity index (χ3n) is 7.11. The van der Waals surface area contributed by atoms with Crippen LogP contribution in [0.25, 0.3) is 10.8 Å². The molecule has 206 valence electrons. The highest BCUT2D eigenvalue weighted by molar-refractivity contribution is 7.89. The Balaban J connectivity index is 1.65. The van der Waals surface area contributed by atoms with Gasteiger partial charge in [-0.1, -0.05) is 13.8 Å². The van der Waals surface area contributed by atoms with Crippen LogP contribution < -0.4 is 20.7 Å². The van der Waals surface area contributed by atoms with Crippen molar-refractivity contribution in [3.8, 4) is 0 Å². The highest BCUT2D eigenvalue weighted by Crippen LogP contribution is 2.46. The van der Waals surface area contributed by atoms with Crippen molar-refractivity contribution in [2.75, 3.05) is 13.1 Å². The van der Waals surface area contributed by atoms with E-state index in [1.54, 1.807) is 30.6 Å². The van der Waals surface area contributed by atoms with Gasteiger partial charge < -0.3 is 16.0 Å². The number of carbonyl (C=O) groups excluding carboxylic acids is 1. The number of rotatable bonds is 9. The number of amides is 1. The van der Waals surface area contributed by atoms with Gasteiger partial charge in [-0.2, -0.15) is 0 Å². The van der Waals surface area contributed by atoms with Crippen LogP contribution in [0.1, 0.15) is 85.2 Å². The summed E-state index contributed by atoms with van der Waals surface area (Å²) >= 11 is 5.51. The molecule has 5 rings (SSSR count). The molecule has 0 aliphatic heterocycles. The predicted molar refractivity (Wildman–Crippen MR) is 155 cm³/mol. The number of hydrogen-bond acceptors (Lipinski definition) is 6. The van der Waals surface area contributed by atoms with Crippen LogP contribution in [0.5, 0.6) is 0 Å². The predicted octanol–water partition coefficient (Wildman–Crippen LogP) is 3.84. The largest absolute Gasteiger partial charge is 0.363 e. The van der Waals surface area contributed by atoms with Crippen molar-refractivity contribution in [1.29, 1.82) is 0 Å². The van der Waals surface area contributed by atoms with E-state index in [4.69, 9.17) is 17.2 Å². The summed E-state index contributed by atoms with van der Waals surface area (Å²) in [6.45, 7) is 6.88. The fraction of sp³-hybridized carbons (Fsp3) is 0.429. The Morgan fingerprint density at radius 1 is 1.13 bits per heavy atom. The van der Waals surface area contributed by atoms with Crippen LogP contribution in [0.4, 0.5) is 0 Å². The molecular formula is C28H34N6O3S2. The third kappa shape index (κ3) is 5.90. The normalized spacial score (nSPS) is 18.7. The molecule has 0 saturated heterocycles. The summed E-state index contributed by atoms with van der Waals surface area (Å²) in [6, 6.07) is 6.37. The number of carbonyl (C=O) groups is 1. The first kappa shape index (κ1) is 27.4. The lowest BCUT2D eigenvalue weighted by atomic mass is 9.98. The maximum absolute atomic E-state index is 13.7. The van der Waals surface area contributed by atoms with E-state index < -0.39 is 16.1 Å². The van der Waals surface area contributed by atoms with Crippen molar-refractivity contribution in [2.45, 2.75) is 62.9 Å². The highest BCUT2D eigenvalue weighted by atomic mass is 32.2. The van der Waals surface area contributed by atoms with E-state index in [9.17, 15) is 13.2 Å². The maximum Gasteiger partial charge on any atom is 0.253 e. The summed E-state index contributed by atoms with van der Waals surface area (Å²) in [5.41, 5.74) is 2.98. The first-order chi connectivity index (χ1) is 18.7. The minimum Gasteiger partial charge on any atom is -0.363 e. The maximum atomic E-state index is 13.7. The fourth-order valence-corrected chi connectivity index (χ4v) is 6.79. The van der Waals surface area contributed by atoms with Crippen LogP contribution in [0.15, 0.2) is 47.8 Å². The Bertz CT molecular complexity index is 1510. The number of benzene rings is 1. The molecule has 0 radical (unpaired) electrons. The highest BCUT2D eigenvalue weighted by Gasteiger charge is 2.37. The summed E-state index contributed by atoms with van der Waals surface area (Å²) in [4.78, 5) is 22.1. The molecule has 2 aromatic heterocycles. The zero-order valence-electron chi connectivity index (χ0n) is 22.3. The SMILES string of the molecule is CCNC(=S)N[C@H]1C[C@H](NC(=O)c2cccnc2)c2cc(S(=O)(=O)NCC(C)C)c3cc(C4CC4)ncc3c21. The molecule has 1 fully saturated rings. The van der Waals surface area contributed by atoms with Crippen molar-refractivity contribution in [2.24, 2.45) is 5.92 Å². The second-order valence-corrected chi connectivity index (χ2v) is 12.8. The first-order valence-electron chi connectivity index (χ1n) is 13.4. The summed E-state index contributed by atoms with van der Waals surface area (Å²) in [7, 11) is -3.84. The van der Waals surface area contributed by atoms with E-state index in [0.717, 1.165) is 35.0 Å². The number of nitrogens with one attached hydrogen (secondary N) is 4. The zero-order chi connectivity index (χ0) is 27.7. The molecule has 2 heterocycles. The van der Waals surface area contributed by atoms with Gasteiger partial charge in [-0.25, -0.2) is 13.1 Å². The first-order valence-corrected chi connectivity index (χ1v) is 15.3. The molecule has 1 amide bonds. The molecule has 0 unspecified atom stereocenters. The number of nitrogens with zero attached hydrogens (tertiary/aromatic N) is 2. The van der Waals surface area contributed by atoms with Gasteiger partial charge in [0.1, 0.15) is 0 Å². The van der Waals surface area contributed by atoms with E-state index in [1.807, 2.05) is 26.8 Å². The Kier molecular flexibility index (Phi) is 7.84. The van der Waals surface area contributed by atoms with Gasteiger partial charge in [0.15, 0.2) is 5.11 Å². The van der Waals surface area contributed by atoms with Crippen LogP contribution in [-0.4, -0.2) is 42.5 Å². The third-order valence-corrected chi connectivity index (χ3v) is 8.84. The Morgan fingerprint density at radius 2 is 1.92 bits per heavy atom. The number of sulfonamides is 1. The smallest absolute Gasteiger partial charge is 0.253 e. The average Bonchev–Trinajstić information content (AvgIpc) is 3.71. The van der Waals surface area contributed by atoms with Crippen LogP contribution >= 0.6 is 12.2 Å². The summed E-state index contributed by atoms with van der Waals surface area (Å²) in [5.74, 6) is 0.235. The monoisotopic (exact) mass is 566 g/mol. The number of hydrogen-bond donors (Lipinski definition) is 4. The topological polar surface area (TPSA) is 125 Å². The van der Waals surface area contributed by atoms with E-state index >= 15 is 0 Å². The van der Waals surface area contributed by atoms with Gasteiger partial charge in [0, 0.05) is 54.1 Å². The molecule has 2 atom stereocenters. The minimum atomic E-state index is -3.84. The molecule has 0 bridgehead atoms. The van der Waals surface area contributed by atoms with Gasteiger partial charge >= 0.3 is 0 Å². The molecule has 9 nitrogen and oxygen atoms in total. The van der Waals surface area contributed by atoms with E-state index in [0.29, 0.717) is 41.5 Å². The molecule has 2 aliphatic rings. The Labute approximate surface area is 234 Å². The molecule has 4 N–H and O–H groups in total. The van der Waals surface area contributed by atoms with Crippen molar-refractivity contribution in [3.05, 3.63) is 65.2 Å². The lowest BCUT2D eigenvalue weighted by Crippen LogP contribution is -2.37. The fourth-order valence-electron chi connectivity index (χ4n) is 5.06. The van der Waals surface area contributed by atoms with Crippen LogP contribution in [0.3, 0.4) is 0 Å². The van der Waals surface area contributed by atoms with E-state index in [1.165, 1.54) is 6.20 Å². The number of fused-ring (bicyclic) bond motifs is 3. The second kappa shape index (κ2) is 11.1. The Morgan fingerprint density at radius 3 is 2.59 bits per heavy atom. The summed E-state index contributed by atoms with van der Waals surface area (Å²) in [5, 5.41) is 11.5. The molecule has 1 saturated carbocycles. The molecular weight excluding hydrogens is 532 g/mol. The van der Waals surface area contributed by atoms with Gasteiger partial charge in [-0.3, -0.25) is 14.8 Å². The van der Waals surface area contributed by atoms with Crippen molar-refractivity contribution < 1.29 is 13.2 Å². The van der Waals surface area contributed by atoms with Crippen LogP contribution in [0, 0.1) is 5.92 Å². The van der Waals surface area contributed by atoms with Gasteiger partial charge in [0.25, 0.3) is 5.91 Å². The van der Waals surface area contributed by atoms with Crippen molar-refractivity contribution in [1.82, 2.24) is 30.6 Å².